The van der Waals surface area contributed by atoms with E-state index in [0.717, 1.165) is 17.4 Å². The van der Waals surface area contributed by atoms with Crippen LogP contribution in [0, 0.1) is 23.0 Å². The summed E-state index contributed by atoms with van der Waals surface area (Å²) in [5.41, 5.74) is 1.38. The van der Waals surface area contributed by atoms with Crippen molar-refractivity contribution < 1.29 is 13.6 Å². The molecule has 0 aliphatic rings. The highest BCUT2D eigenvalue weighted by Gasteiger charge is 2.23. The molecule has 5 nitrogen and oxygen atoms in total. The fraction of sp³-hybridized carbons (Fsp3) is 0.0476. The topological polar surface area (TPSA) is 69.9 Å². The van der Waals surface area contributed by atoms with Crippen molar-refractivity contribution in [1.82, 2.24) is 9.97 Å². The second kappa shape index (κ2) is 7.73. The highest BCUT2D eigenvalue weighted by atomic mass is 32.1. The Hall–Kier alpha value is -3.70. The molecule has 0 aliphatic heterocycles. The lowest BCUT2D eigenvalue weighted by molar-refractivity contribution is 0.0985. The molecular weight excluding hydrogens is 394 g/mol. The highest BCUT2D eigenvalue weighted by molar-refractivity contribution is 7.22. The van der Waals surface area contributed by atoms with Crippen LogP contribution in [0.2, 0.25) is 0 Å². The molecule has 1 amide bonds. The summed E-state index contributed by atoms with van der Waals surface area (Å²) in [6.07, 6.45) is 1.60. The van der Waals surface area contributed by atoms with Crippen LogP contribution in [0.25, 0.3) is 10.2 Å². The molecule has 2 aromatic heterocycles. The molecule has 0 spiro atoms. The third-order valence-electron chi connectivity index (χ3n) is 4.19. The molecule has 2 heterocycles. The zero-order valence-electron chi connectivity index (χ0n) is 14.8. The minimum absolute atomic E-state index is 0.00468. The monoisotopic (exact) mass is 406 g/mol. The Morgan fingerprint density at radius 3 is 2.62 bits per heavy atom. The van der Waals surface area contributed by atoms with Gasteiger partial charge in [-0.05, 0) is 42.5 Å². The zero-order valence-corrected chi connectivity index (χ0v) is 15.7. The third-order valence-corrected chi connectivity index (χ3v) is 5.21. The van der Waals surface area contributed by atoms with E-state index >= 15 is 0 Å². The average Bonchev–Trinajstić information content (AvgIpc) is 3.16. The van der Waals surface area contributed by atoms with E-state index in [1.165, 1.54) is 11.0 Å². The molecule has 142 valence electrons. The van der Waals surface area contributed by atoms with Gasteiger partial charge in [0.15, 0.2) is 10.9 Å². The average molecular weight is 406 g/mol. The van der Waals surface area contributed by atoms with Crippen LogP contribution in [0.4, 0.5) is 13.9 Å². The van der Waals surface area contributed by atoms with Crippen LogP contribution >= 0.6 is 11.3 Å². The molecule has 0 radical (unpaired) electrons. The van der Waals surface area contributed by atoms with Gasteiger partial charge in [-0.1, -0.05) is 17.4 Å². The predicted molar refractivity (Wildman–Crippen MR) is 105 cm³/mol. The van der Waals surface area contributed by atoms with Gasteiger partial charge in [-0.25, -0.2) is 13.8 Å². The molecule has 0 fully saturated rings. The summed E-state index contributed by atoms with van der Waals surface area (Å²) in [4.78, 5) is 23.0. The molecule has 0 N–H and O–H groups in total. The number of fused-ring (bicyclic) bond motifs is 1. The predicted octanol–water partition coefficient (Wildman–Crippen LogP) is 4.69. The van der Waals surface area contributed by atoms with E-state index in [0.29, 0.717) is 21.5 Å². The van der Waals surface area contributed by atoms with Gasteiger partial charge in [0.2, 0.25) is 0 Å². The summed E-state index contributed by atoms with van der Waals surface area (Å²) in [7, 11) is 0. The Labute approximate surface area is 168 Å². The lowest BCUT2D eigenvalue weighted by atomic mass is 10.1. The van der Waals surface area contributed by atoms with Crippen LogP contribution in [-0.4, -0.2) is 15.9 Å². The van der Waals surface area contributed by atoms with Crippen molar-refractivity contribution in [2.45, 2.75) is 6.54 Å². The number of hydrogen-bond acceptors (Lipinski definition) is 5. The van der Waals surface area contributed by atoms with Gasteiger partial charge >= 0.3 is 0 Å². The van der Waals surface area contributed by atoms with Gasteiger partial charge in [-0.2, -0.15) is 5.26 Å². The van der Waals surface area contributed by atoms with Crippen molar-refractivity contribution in [2.24, 2.45) is 0 Å². The van der Waals surface area contributed by atoms with E-state index in [1.54, 1.807) is 48.7 Å². The van der Waals surface area contributed by atoms with Crippen molar-refractivity contribution in [3.05, 3.63) is 89.2 Å². The maximum Gasteiger partial charge on any atom is 0.260 e. The summed E-state index contributed by atoms with van der Waals surface area (Å²) in [6, 6.07) is 15.4. The number of carbonyl (C=O) groups excluding carboxylic acids is 1. The van der Waals surface area contributed by atoms with Crippen LogP contribution in [0.15, 0.2) is 60.8 Å². The molecule has 0 atom stereocenters. The smallest absolute Gasteiger partial charge is 0.260 e. The molecule has 8 heteroatoms. The highest BCUT2D eigenvalue weighted by Crippen LogP contribution is 2.32. The van der Waals surface area contributed by atoms with E-state index < -0.39 is 11.6 Å². The van der Waals surface area contributed by atoms with Gasteiger partial charge in [0, 0.05) is 17.8 Å². The number of anilines is 1. The Morgan fingerprint density at radius 2 is 1.93 bits per heavy atom. The van der Waals surface area contributed by atoms with Gasteiger partial charge in [-0.3, -0.25) is 14.7 Å². The van der Waals surface area contributed by atoms with Crippen molar-refractivity contribution in [3.8, 4) is 6.07 Å². The molecule has 0 unspecified atom stereocenters. The standard InChI is InChI=1S/C21H12F2N4OS/c22-15-9-17(23)19-18(10-15)29-21(26-19)27(12-16-3-1-2-8-25-16)20(28)14-6-4-13(11-24)5-7-14/h1-10H,12H2. The largest absolute Gasteiger partial charge is 0.278 e. The van der Waals surface area contributed by atoms with Crippen LogP contribution in [0.3, 0.4) is 0 Å². The van der Waals surface area contributed by atoms with Crippen molar-refractivity contribution in [2.75, 3.05) is 4.90 Å². The van der Waals surface area contributed by atoms with E-state index in [1.807, 2.05) is 6.07 Å². The Bertz CT molecular complexity index is 1230. The third kappa shape index (κ3) is 3.81. The lowest BCUT2D eigenvalue weighted by Crippen LogP contribution is -2.30. The molecule has 29 heavy (non-hydrogen) atoms. The molecule has 4 rings (SSSR count). The van der Waals surface area contributed by atoms with Crippen molar-refractivity contribution in [3.63, 3.8) is 0 Å². The Morgan fingerprint density at radius 1 is 1.14 bits per heavy atom. The maximum atomic E-state index is 14.1. The summed E-state index contributed by atoms with van der Waals surface area (Å²) in [6.45, 7) is 0.101. The molecule has 0 saturated carbocycles. The zero-order chi connectivity index (χ0) is 20.4. The maximum absolute atomic E-state index is 14.1. The number of carbonyl (C=O) groups is 1. The second-order valence-electron chi connectivity index (χ2n) is 6.13. The normalized spacial score (nSPS) is 10.7. The summed E-state index contributed by atoms with van der Waals surface area (Å²) in [5, 5.41) is 9.18. The van der Waals surface area contributed by atoms with Gasteiger partial charge < -0.3 is 0 Å². The molecule has 4 aromatic rings. The van der Waals surface area contributed by atoms with Crippen LogP contribution < -0.4 is 4.90 Å². The number of nitriles is 1. The number of halogens is 2. The molecule has 2 aromatic carbocycles. The number of thiazole rings is 1. The number of benzene rings is 2. The quantitative estimate of drug-likeness (QED) is 0.493. The van der Waals surface area contributed by atoms with E-state index in [9.17, 15) is 13.6 Å². The molecule has 0 aliphatic carbocycles. The number of hydrogen-bond donors (Lipinski definition) is 0. The molecule has 0 bridgehead atoms. The first-order valence-corrected chi connectivity index (χ1v) is 9.34. The van der Waals surface area contributed by atoms with Crippen molar-refractivity contribution in [1.29, 1.82) is 5.26 Å². The minimum atomic E-state index is -0.786. The molecular formula is C21H12F2N4OS. The van der Waals surface area contributed by atoms with Crippen LogP contribution in [0.1, 0.15) is 21.6 Å². The number of rotatable bonds is 4. The summed E-state index contributed by atoms with van der Waals surface area (Å²) < 4.78 is 28.0. The van der Waals surface area contributed by atoms with E-state index in [2.05, 4.69) is 9.97 Å². The number of pyridine rings is 1. The Balaban J connectivity index is 1.78. The van der Waals surface area contributed by atoms with Crippen LogP contribution in [0.5, 0.6) is 0 Å². The first-order chi connectivity index (χ1) is 14.0. The van der Waals surface area contributed by atoms with Gasteiger partial charge in [0.25, 0.3) is 5.91 Å². The van der Waals surface area contributed by atoms with Gasteiger partial charge in [0.05, 0.1) is 28.6 Å². The first-order valence-electron chi connectivity index (χ1n) is 8.52. The number of nitrogens with zero attached hydrogens (tertiary/aromatic N) is 4. The fourth-order valence-electron chi connectivity index (χ4n) is 2.78. The van der Waals surface area contributed by atoms with Crippen LogP contribution in [-0.2, 0) is 6.54 Å². The van der Waals surface area contributed by atoms with Gasteiger partial charge in [0.1, 0.15) is 11.3 Å². The van der Waals surface area contributed by atoms with E-state index in [4.69, 9.17) is 5.26 Å². The number of amides is 1. The SMILES string of the molecule is N#Cc1ccc(C(=O)N(Cc2ccccn2)c2nc3c(F)cc(F)cc3s2)cc1. The van der Waals surface area contributed by atoms with Gasteiger partial charge in [-0.15, -0.1) is 0 Å². The fourth-order valence-corrected chi connectivity index (χ4v) is 3.79. The summed E-state index contributed by atoms with van der Waals surface area (Å²) >= 11 is 1.02. The summed E-state index contributed by atoms with van der Waals surface area (Å²) in [5.74, 6) is -1.88. The van der Waals surface area contributed by atoms with Crippen molar-refractivity contribution >= 4 is 32.6 Å². The first kappa shape index (κ1) is 18.7. The van der Waals surface area contributed by atoms with E-state index in [-0.39, 0.29) is 23.1 Å². The Kier molecular flexibility index (Phi) is 4.97. The minimum Gasteiger partial charge on any atom is -0.278 e. The second-order valence-corrected chi connectivity index (χ2v) is 7.14. The molecule has 0 saturated heterocycles. The number of aromatic nitrogens is 2. The lowest BCUT2D eigenvalue weighted by Gasteiger charge is -2.19.